The first-order valence-electron chi connectivity index (χ1n) is 9.47. The number of hydrogen-bond donors (Lipinski definition) is 1. The lowest BCUT2D eigenvalue weighted by molar-refractivity contribution is -0.305. The number of hydrogen-bond acceptors (Lipinski definition) is 8. The summed E-state index contributed by atoms with van der Waals surface area (Å²) in [5.74, 6) is -0.658. The molecule has 0 aliphatic carbocycles. The number of rotatable bonds is 9. The number of amides is 1. The van der Waals surface area contributed by atoms with E-state index in [1.165, 1.54) is 6.21 Å². The van der Waals surface area contributed by atoms with Crippen molar-refractivity contribution in [2.75, 3.05) is 6.61 Å². The zero-order valence-corrected chi connectivity index (χ0v) is 19.2. The summed E-state index contributed by atoms with van der Waals surface area (Å²) >= 11 is 13.0. The van der Waals surface area contributed by atoms with Gasteiger partial charge in [-0.25, -0.2) is 0 Å². The van der Waals surface area contributed by atoms with E-state index in [1.54, 1.807) is 30.3 Å². The van der Waals surface area contributed by atoms with Crippen molar-refractivity contribution in [2.45, 2.75) is 25.2 Å². The van der Waals surface area contributed by atoms with Crippen LogP contribution in [0.5, 0.6) is 11.5 Å². The highest BCUT2D eigenvalue weighted by Gasteiger charge is 2.30. The Morgan fingerprint density at radius 2 is 2.00 bits per heavy atom. The summed E-state index contributed by atoms with van der Waals surface area (Å²) in [4.78, 5) is 22.4. The van der Waals surface area contributed by atoms with Crippen LogP contribution in [0.4, 0.5) is 0 Å². The molecule has 1 fully saturated rings. The molecule has 1 atom stereocenters. The standard InChI is InChI=1S/C21H19Cl2N3O5S/c1-2-30-17-8-12(10-24-26-21-25-20(29)18(32-21)9-19(27)28)4-6-16(17)31-11-13-3-5-14(22)15(23)7-13/h3-8,10,18H,2,9,11H2,1H3,(H,27,28)(H,25,26,29)/p-1/b24-10-/t18-/m0/s1. The maximum Gasteiger partial charge on any atom is 0.239 e. The molecule has 1 N–H and O–H groups in total. The van der Waals surface area contributed by atoms with E-state index in [9.17, 15) is 14.7 Å². The predicted molar refractivity (Wildman–Crippen MR) is 123 cm³/mol. The van der Waals surface area contributed by atoms with E-state index >= 15 is 0 Å². The zero-order valence-electron chi connectivity index (χ0n) is 16.8. The van der Waals surface area contributed by atoms with Crippen LogP contribution in [-0.2, 0) is 16.2 Å². The predicted octanol–water partition coefficient (Wildman–Crippen LogP) is 3.03. The van der Waals surface area contributed by atoms with Crippen molar-refractivity contribution in [1.82, 2.24) is 5.32 Å². The average Bonchev–Trinajstić information content (AvgIpc) is 3.08. The zero-order chi connectivity index (χ0) is 23.1. The van der Waals surface area contributed by atoms with Gasteiger partial charge in [-0.1, -0.05) is 41.0 Å². The molecule has 0 aromatic heterocycles. The van der Waals surface area contributed by atoms with Gasteiger partial charge in [0.15, 0.2) is 16.7 Å². The Labute approximate surface area is 198 Å². The van der Waals surface area contributed by atoms with Crippen LogP contribution in [-0.4, -0.2) is 35.1 Å². The number of carbonyl (C=O) groups is 2. The van der Waals surface area contributed by atoms with Crippen LogP contribution in [0.2, 0.25) is 10.0 Å². The fourth-order valence-corrected chi connectivity index (χ4v) is 3.90. The average molecular weight is 495 g/mol. The van der Waals surface area contributed by atoms with Gasteiger partial charge in [0.2, 0.25) is 5.91 Å². The van der Waals surface area contributed by atoms with E-state index in [0.29, 0.717) is 33.7 Å². The lowest BCUT2D eigenvalue weighted by atomic mass is 10.2. The molecule has 3 rings (SSSR count). The molecular formula is C21H18Cl2N3O5S-. The molecule has 2 aromatic carbocycles. The van der Waals surface area contributed by atoms with Crippen LogP contribution in [0.3, 0.4) is 0 Å². The Morgan fingerprint density at radius 3 is 2.72 bits per heavy atom. The van der Waals surface area contributed by atoms with Crippen molar-refractivity contribution in [3.8, 4) is 11.5 Å². The second kappa shape index (κ2) is 11.2. The Hall–Kier alpha value is -2.75. The van der Waals surface area contributed by atoms with Crippen LogP contribution in [0.15, 0.2) is 46.6 Å². The number of amidine groups is 1. The molecule has 8 nitrogen and oxygen atoms in total. The Balaban J connectivity index is 1.66. The minimum atomic E-state index is -1.30. The van der Waals surface area contributed by atoms with Gasteiger partial charge in [-0.15, -0.1) is 5.10 Å². The van der Waals surface area contributed by atoms with Gasteiger partial charge in [0.25, 0.3) is 0 Å². The number of ether oxygens (including phenoxy) is 2. The lowest BCUT2D eigenvalue weighted by Crippen LogP contribution is -2.31. The van der Waals surface area contributed by atoms with Gasteiger partial charge >= 0.3 is 0 Å². The van der Waals surface area contributed by atoms with Gasteiger partial charge in [0, 0.05) is 12.4 Å². The molecule has 2 aromatic rings. The summed E-state index contributed by atoms with van der Waals surface area (Å²) in [7, 11) is 0. The van der Waals surface area contributed by atoms with Crippen LogP contribution in [0.1, 0.15) is 24.5 Å². The molecule has 0 unspecified atom stereocenters. The second-order valence-corrected chi connectivity index (χ2v) is 8.50. The molecule has 0 saturated carbocycles. The topological polar surface area (TPSA) is 112 Å². The minimum absolute atomic E-state index is 0.226. The van der Waals surface area contributed by atoms with Crippen molar-refractivity contribution in [3.63, 3.8) is 0 Å². The number of halogens is 2. The number of nitrogens with one attached hydrogen (secondary N) is 1. The number of carboxylic acid groups (broad SMARTS) is 1. The highest BCUT2D eigenvalue weighted by Crippen LogP contribution is 2.30. The molecule has 1 heterocycles. The van der Waals surface area contributed by atoms with E-state index in [2.05, 4.69) is 15.5 Å². The first-order chi connectivity index (χ1) is 15.4. The number of nitrogens with zero attached hydrogens (tertiary/aromatic N) is 2. The summed E-state index contributed by atoms with van der Waals surface area (Å²) in [5, 5.41) is 21.4. The maximum atomic E-state index is 11.7. The summed E-state index contributed by atoms with van der Waals surface area (Å²) in [6.45, 7) is 2.58. The number of benzene rings is 2. The van der Waals surface area contributed by atoms with Crippen molar-refractivity contribution < 1.29 is 24.2 Å². The smallest absolute Gasteiger partial charge is 0.239 e. The summed E-state index contributed by atoms with van der Waals surface area (Å²) in [6, 6.07) is 10.5. The van der Waals surface area contributed by atoms with Crippen molar-refractivity contribution >= 4 is 58.2 Å². The normalized spacial score (nSPS) is 17.0. The first-order valence-corrected chi connectivity index (χ1v) is 11.1. The van der Waals surface area contributed by atoms with E-state index in [-0.39, 0.29) is 18.2 Å². The molecule has 1 aliphatic heterocycles. The fraction of sp³-hybridized carbons (Fsp3) is 0.238. The Bertz CT molecular complexity index is 1080. The number of carboxylic acids is 1. The lowest BCUT2D eigenvalue weighted by Gasteiger charge is -2.13. The molecule has 0 spiro atoms. The SMILES string of the molecule is CCOc1cc(/C=N\N=C2\NC(=O)[C@H](CC(=O)[O-])S2)ccc1OCc1ccc(Cl)c(Cl)c1. The van der Waals surface area contributed by atoms with Crippen LogP contribution < -0.4 is 19.9 Å². The molecule has 1 aliphatic rings. The van der Waals surface area contributed by atoms with E-state index in [1.807, 2.05) is 13.0 Å². The third-order valence-electron chi connectivity index (χ3n) is 4.13. The monoisotopic (exact) mass is 494 g/mol. The van der Waals surface area contributed by atoms with Gasteiger partial charge in [-0.3, -0.25) is 4.79 Å². The minimum Gasteiger partial charge on any atom is -0.550 e. The largest absolute Gasteiger partial charge is 0.550 e. The Morgan fingerprint density at radius 1 is 1.19 bits per heavy atom. The number of aliphatic carboxylic acids is 1. The van der Waals surface area contributed by atoms with Crippen molar-refractivity contribution in [3.05, 3.63) is 57.6 Å². The third kappa shape index (κ3) is 6.62. The molecule has 32 heavy (non-hydrogen) atoms. The van der Waals surface area contributed by atoms with E-state index in [0.717, 1.165) is 17.3 Å². The fourth-order valence-electron chi connectivity index (χ4n) is 2.67. The molecular weight excluding hydrogens is 477 g/mol. The van der Waals surface area contributed by atoms with Crippen molar-refractivity contribution in [2.24, 2.45) is 10.2 Å². The highest BCUT2D eigenvalue weighted by atomic mass is 35.5. The van der Waals surface area contributed by atoms with E-state index in [4.69, 9.17) is 32.7 Å². The molecule has 168 valence electrons. The van der Waals surface area contributed by atoms with Gasteiger partial charge in [-0.2, -0.15) is 5.10 Å². The Kier molecular flexibility index (Phi) is 8.38. The summed E-state index contributed by atoms with van der Waals surface area (Å²) in [5.41, 5.74) is 1.55. The molecule has 11 heteroatoms. The van der Waals surface area contributed by atoms with Gasteiger partial charge in [0.05, 0.1) is 28.1 Å². The molecule has 0 radical (unpaired) electrons. The number of carbonyl (C=O) groups excluding carboxylic acids is 2. The molecule has 0 bridgehead atoms. The van der Waals surface area contributed by atoms with Crippen molar-refractivity contribution in [1.29, 1.82) is 0 Å². The van der Waals surface area contributed by atoms with Crippen LogP contribution in [0.25, 0.3) is 0 Å². The third-order valence-corrected chi connectivity index (χ3v) is 5.94. The first kappa shape index (κ1) is 23.9. The second-order valence-electron chi connectivity index (χ2n) is 6.50. The van der Waals surface area contributed by atoms with Crippen LogP contribution in [0, 0.1) is 0 Å². The van der Waals surface area contributed by atoms with E-state index < -0.39 is 17.1 Å². The maximum absolute atomic E-state index is 11.7. The van der Waals surface area contributed by atoms with Gasteiger partial charge < -0.3 is 24.7 Å². The summed E-state index contributed by atoms with van der Waals surface area (Å²) in [6.07, 6.45) is 1.09. The van der Waals surface area contributed by atoms with Gasteiger partial charge in [0.1, 0.15) is 6.61 Å². The molecule has 1 saturated heterocycles. The van der Waals surface area contributed by atoms with Gasteiger partial charge in [-0.05, 0) is 48.4 Å². The van der Waals surface area contributed by atoms with Crippen LogP contribution >= 0.6 is 35.0 Å². The molecule has 1 amide bonds. The highest BCUT2D eigenvalue weighted by molar-refractivity contribution is 8.15. The quantitative estimate of drug-likeness (QED) is 0.423. The number of thioether (sulfide) groups is 1. The summed E-state index contributed by atoms with van der Waals surface area (Å²) < 4.78 is 11.5.